The Hall–Kier alpha value is -2.15. The van der Waals surface area contributed by atoms with E-state index in [0.29, 0.717) is 24.5 Å². The van der Waals surface area contributed by atoms with Gasteiger partial charge in [-0.25, -0.2) is 0 Å². The van der Waals surface area contributed by atoms with Gasteiger partial charge in [0, 0.05) is 18.4 Å². The fourth-order valence-electron chi connectivity index (χ4n) is 3.83. The molecule has 2 aliphatic heterocycles. The van der Waals surface area contributed by atoms with Gasteiger partial charge < -0.3 is 14.2 Å². The second-order valence-corrected chi connectivity index (χ2v) is 8.85. The van der Waals surface area contributed by atoms with E-state index >= 15 is 0 Å². The molecule has 172 valence electrons. The number of benzene rings is 2. The molecule has 5 nitrogen and oxygen atoms in total. The van der Waals surface area contributed by atoms with E-state index in [4.69, 9.17) is 14.2 Å². The minimum Gasteiger partial charge on any atom is -0.497 e. The number of methoxy groups -OCH3 is 1. The van der Waals surface area contributed by atoms with Crippen LogP contribution in [0.3, 0.4) is 0 Å². The Labute approximate surface area is 200 Å². The fraction of sp³-hybridized carbons (Fsp3) is 0.400. The first-order valence-corrected chi connectivity index (χ1v) is 11.9. The zero-order valence-electron chi connectivity index (χ0n) is 18.4. The minimum absolute atomic E-state index is 0. The van der Waals surface area contributed by atoms with Gasteiger partial charge in [-0.1, -0.05) is 24.6 Å². The van der Waals surface area contributed by atoms with Gasteiger partial charge in [-0.3, -0.25) is 9.69 Å². The van der Waals surface area contributed by atoms with E-state index in [0.717, 1.165) is 47.3 Å². The molecule has 1 saturated heterocycles. The highest BCUT2D eigenvalue weighted by atomic mass is 35.5. The largest absolute Gasteiger partial charge is 0.497 e. The number of likely N-dealkylation sites (tertiary alicyclic amines) is 1. The van der Waals surface area contributed by atoms with Crippen molar-refractivity contribution in [2.45, 2.75) is 24.2 Å². The van der Waals surface area contributed by atoms with Crippen LogP contribution in [0.2, 0.25) is 0 Å². The first-order valence-electron chi connectivity index (χ1n) is 10.9. The number of allylic oxidation sites excluding steroid dienone is 1. The Morgan fingerprint density at radius 1 is 1.16 bits per heavy atom. The number of nitrogens with zero attached hydrogens (tertiary/aromatic N) is 1. The van der Waals surface area contributed by atoms with Gasteiger partial charge in [0.1, 0.15) is 23.9 Å². The lowest BCUT2D eigenvalue weighted by molar-refractivity contribution is 0.104. The average molecular weight is 476 g/mol. The molecule has 0 radical (unpaired) electrons. The Morgan fingerprint density at radius 3 is 2.69 bits per heavy atom. The van der Waals surface area contributed by atoms with Crippen molar-refractivity contribution in [2.75, 3.05) is 45.7 Å². The van der Waals surface area contributed by atoms with Gasteiger partial charge in [0.25, 0.3) is 0 Å². The third-order valence-corrected chi connectivity index (χ3v) is 6.57. The van der Waals surface area contributed by atoms with Crippen molar-refractivity contribution in [3.8, 4) is 17.2 Å². The zero-order valence-corrected chi connectivity index (χ0v) is 20.0. The lowest BCUT2D eigenvalue weighted by Crippen LogP contribution is -2.33. The number of thioether (sulfide) groups is 1. The molecule has 0 unspecified atom stereocenters. The van der Waals surface area contributed by atoms with E-state index in [9.17, 15) is 4.79 Å². The average Bonchev–Trinajstić information content (AvgIpc) is 2.83. The van der Waals surface area contributed by atoms with Gasteiger partial charge in [-0.2, -0.15) is 0 Å². The van der Waals surface area contributed by atoms with E-state index in [2.05, 4.69) is 4.90 Å². The first-order chi connectivity index (χ1) is 15.2. The van der Waals surface area contributed by atoms with Crippen molar-refractivity contribution in [3.63, 3.8) is 0 Å². The second-order valence-electron chi connectivity index (χ2n) is 7.71. The number of hydrogen-bond donors (Lipinski definition) is 0. The summed E-state index contributed by atoms with van der Waals surface area (Å²) in [7, 11) is 1.64. The molecule has 0 spiro atoms. The molecule has 4 rings (SSSR count). The predicted octanol–water partition coefficient (Wildman–Crippen LogP) is 5.36. The van der Waals surface area contributed by atoms with Crippen LogP contribution in [0.5, 0.6) is 17.2 Å². The van der Waals surface area contributed by atoms with Gasteiger partial charge >= 0.3 is 0 Å². The van der Waals surface area contributed by atoms with Crippen LogP contribution in [0.15, 0.2) is 47.4 Å². The maximum atomic E-state index is 13.1. The minimum atomic E-state index is -0.0715. The maximum absolute atomic E-state index is 13.1. The van der Waals surface area contributed by atoms with Gasteiger partial charge in [0.15, 0.2) is 5.78 Å². The molecule has 0 aliphatic carbocycles. The monoisotopic (exact) mass is 475 g/mol. The molecule has 2 aromatic rings. The van der Waals surface area contributed by atoms with Crippen LogP contribution in [-0.2, 0) is 0 Å². The molecular formula is C25H30ClNO4S. The molecule has 2 aliphatic rings. The number of fused-ring (bicyclic) bond motifs is 1. The number of carbonyl (C=O) groups excluding carboxylic acids is 1. The van der Waals surface area contributed by atoms with Crippen LogP contribution >= 0.6 is 24.2 Å². The molecule has 0 atom stereocenters. The fourth-order valence-corrected chi connectivity index (χ4v) is 4.67. The smallest absolute Gasteiger partial charge is 0.189 e. The van der Waals surface area contributed by atoms with E-state index in [1.165, 1.54) is 19.3 Å². The second kappa shape index (κ2) is 12.2. The third-order valence-electron chi connectivity index (χ3n) is 5.57. The molecule has 0 bridgehead atoms. The molecule has 1 fully saturated rings. The molecule has 0 aromatic heterocycles. The molecule has 2 heterocycles. The van der Waals surface area contributed by atoms with Crippen molar-refractivity contribution in [2.24, 2.45) is 0 Å². The third kappa shape index (κ3) is 6.44. The van der Waals surface area contributed by atoms with Crippen molar-refractivity contribution >= 4 is 36.0 Å². The Balaban J connectivity index is 0.00000289. The van der Waals surface area contributed by atoms with Gasteiger partial charge in [-0.15, -0.1) is 24.2 Å². The SMILES string of the molecule is COc1ccc(C=CC(=O)c2cc3c(cc2OCCN2CCCCC2)OCCS3)cc1.Cl. The Morgan fingerprint density at radius 2 is 1.94 bits per heavy atom. The predicted molar refractivity (Wildman–Crippen MR) is 132 cm³/mol. The van der Waals surface area contributed by atoms with E-state index in [1.54, 1.807) is 24.9 Å². The Bertz CT molecular complexity index is 926. The van der Waals surface area contributed by atoms with E-state index < -0.39 is 0 Å². The van der Waals surface area contributed by atoms with Crippen molar-refractivity contribution in [1.82, 2.24) is 4.90 Å². The summed E-state index contributed by atoms with van der Waals surface area (Å²) in [4.78, 5) is 16.5. The van der Waals surface area contributed by atoms with E-state index in [1.807, 2.05) is 42.5 Å². The number of ether oxygens (including phenoxy) is 3. The summed E-state index contributed by atoms with van der Waals surface area (Å²) in [6.45, 7) is 4.37. The number of carbonyl (C=O) groups is 1. The van der Waals surface area contributed by atoms with Gasteiger partial charge in [0.05, 0.1) is 24.2 Å². The highest BCUT2D eigenvalue weighted by Gasteiger charge is 2.19. The van der Waals surface area contributed by atoms with Crippen LogP contribution < -0.4 is 14.2 Å². The van der Waals surface area contributed by atoms with Crippen LogP contribution in [-0.4, -0.2) is 56.4 Å². The molecule has 0 saturated carbocycles. The number of ketones is 1. The summed E-state index contributed by atoms with van der Waals surface area (Å²) in [5.41, 5.74) is 1.53. The van der Waals surface area contributed by atoms with Crippen molar-refractivity contribution < 1.29 is 19.0 Å². The molecule has 7 heteroatoms. The molecular weight excluding hydrogens is 446 g/mol. The van der Waals surface area contributed by atoms with Gasteiger partial charge in [-0.05, 0) is 55.8 Å². The number of hydrogen-bond acceptors (Lipinski definition) is 6. The highest BCUT2D eigenvalue weighted by molar-refractivity contribution is 7.99. The number of rotatable bonds is 8. The summed E-state index contributed by atoms with van der Waals surface area (Å²) in [6, 6.07) is 11.4. The number of piperidine rings is 1. The summed E-state index contributed by atoms with van der Waals surface area (Å²) in [5.74, 6) is 3.01. The highest BCUT2D eigenvalue weighted by Crippen LogP contribution is 2.38. The van der Waals surface area contributed by atoms with Crippen LogP contribution in [0.25, 0.3) is 6.08 Å². The zero-order chi connectivity index (χ0) is 21.5. The standard InChI is InChI=1S/C25H29NO4S.ClH/c1-28-20-8-5-19(6-9-20)7-10-22(27)21-17-25-24(30-15-16-31-25)18-23(21)29-14-13-26-11-3-2-4-12-26;/h5-10,17-18H,2-4,11-16H2,1H3;1H. The summed E-state index contributed by atoms with van der Waals surface area (Å²) >= 11 is 1.72. The summed E-state index contributed by atoms with van der Waals surface area (Å²) < 4.78 is 17.1. The first kappa shape index (κ1) is 24.5. The summed E-state index contributed by atoms with van der Waals surface area (Å²) in [5, 5.41) is 0. The molecule has 0 amide bonds. The van der Waals surface area contributed by atoms with Crippen LogP contribution in [0.4, 0.5) is 0 Å². The van der Waals surface area contributed by atoms with Crippen LogP contribution in [0, 0.1) is 0 Å². The molecule has 32 heavy (non-hydrogen) atoms. The lowest BCUT2D eigenvalue weighted by atomic mass is 10.1. The van der Waals surface area contributed by atoms with Crippen molar-refractivity contribution in [3.05, 3.63) is 53.6 Å². The molecule has 2 aromatic carbocycles. The normalized spacial score (nSPS) is 16.0. The van der Waals surface area contributed by atoms with E-state index in [-0.39, 0.29) is 18.2 Å². The topological polar surface area (TPSA) is 48.0 Å². The molecule has 0 N–H and O–H groups in total. The quantitative estimate of drug-likeness (QED) is 0.378. The maximum Gasteiger partial charge on any atom is 0.189 e. The van der Waals surface area contributed by atoms with Crippen LogP contribution in [0.1, 0.15) is 35.2 Å². The van der Waals surface area contributed by atoms with Gasteiger partial charge in [0.2, 0.25) is 0 Å². The van der Waals surface area contributed by atoms with Crippen molar-refractivity contribution in [1.29, 1.82) is 0 Å². The number of halogens is 1. The lowest BCUT2D eigenvalue weighted by Gasteiger charge is -2.26. The summed E-state index contributed by atoms with van der Waals surface area (Å²) in [6.07, 6.45) is 7.25. The Kier molecular flexibility index (Phi) is 9.33.